The summed E-state index contributed by atoms with van der Waals surface area (Å²) < 4.78 is 29.0. The van der Waals surface area contributed by atoms with E-state index in [1.807, 2.05) is 6.92 Å². The third-order valence-electron chi connectivity index (χ3n) is 3.17. The number of hydrogen-bond acceptors (Lipinski definition) is 3. The van der Waals surface area contributed by atoms with E-state index in [0.717, 1.165) is 6.42 Å². The normalized spacial score (nSPS) is 12.4. The van der Waals surface area contributed by atoms with E-state index in [4.69, 9.17) is 5.11 Å². The highest BCUT2D eigenvalue weighted by atomic mass is 19.3. The first-order valence-electron chi connectivity index (χ1n) is 6.94. The lowest BCUT2D eigenvalue weighted by Gasteiger charge is -2.13. The molecule has 21 heavy (non-hydrogen) atoms. The minimum atomic E-state index is -2.83. The number of carboxylic acids is 1. The first-order chi connectivity index (χ1) is 9.99. The molecule has 1 unspecified atom stereocenters. The fourth-order valence-corrected chi connectivity index (χ4v) is 1.95. The van der Waals surface area contributed by atoms with E-state index in [1.165, 1.54) is 6.07 Å². The predicted molar refractivity (Wildman–Crippen MR) is 75.4 cm³/mol. The van der Waals surface area contributed by atoms with E-state index < -0.39 is 12.6 Å². The largest absolute Gasteiger partial charge is 0.481 e. The quantitative estimate of drug-likeness (QED) is 0.651. The standard InChI is InChI=1S/C15H21F2NO3/c1-11(6-7-14(19)20)8-9-18-10-12-4-2-3-5-13(12)21-15(16)17/h2-5,11,15,18H,6-10H2,1H3,(H,19,20). The molecular weight excluding hydrogens is 280 g/mol. The summed E-state index contributed by atoms with van der Waals surface area (Å²) in [6.45, 7) is 0.304. The van der Waals surface area contributed by atoms with Gasteiger partial charge >= 0.3 is 12.6 Å². The lowest BCUT2D eigenvalue weighted by Crippen LogP contribution is -2.18. The first kappa shape index (κ1) is 17.4. The molecule has 0 radical (unpaired) electrons. The van der Waals surface area contributed by atoms with Crippen LogP contribution < -0.4 is 10.1 Å². The molecule has 0 amide bonds. The van der Waals surface area contributed by atoms with Crippen molar-refractivity contribution >= 4 is 5.97 Å². The molecule has 0 fully saturated rings. The molecule has 1 rings (SSSR count). The van der Waals surface area contributed by atoms with Gasteiger partial charge in [0.15, 0.2) is 0 Å². The number of carboxylic acid groups (broad SMARTS) is 1. The molecular formula is C15H21F2NO3. The molecule has 0 aromatic heterocycles. The van der Waals surface area contributed by atoms with Gasteiger partial charge in [0.05, 0.1) is 0 Å². The molecule has 1 aromatic rings. The number of ether oxygens (including phenoxy) is 1. The van der Waals surface area contributed by atoms with Crippen LogP contribution in [0.1, 0.15) is 31.7 Å². The summed E-state index contributed by atoms with van der Waals surface area (Å²) in [4.78, 5) is 10.5. The highest BCUT2D eigenvalue weighted by Gasteiger charge is 2.09. The average molecular weight is 301 g/mol. The van der Waals surface area contributed by atoms with Crippen LogP contribution >= 0.6 is 0 Å². The van der Waals surface area contributed by atoms with Crippen molar-refractivity contribution in [3.05, 3.63) is 29.8 Å². The van der Waals surface area contributed by atoms with Gasteiger partial charge in [-0.25, -0.2) is 0 Å². The number of rotatable bonds is 10. The second-order valence-corrected chi connectivity index (χ2v) is 4.99. The Morgan fingerprint density at radius 1 is 1.33 bits per heavy atom. The SMILES string of the molecule is CC(CCNCc1ccccc1OC(F)F)CCC(=O)O. The maximum absolute atomic E-state index is 12.3. The predicted octanol–water partition coefficient (Wildman–Crippen LogP) is 3.27. The number of hydrogen-bond donors (Lipinski definition) is 2. The number of alkyl halides is 2. The number of nitrogens with one attached hydrogen (secondary N) is 1. The van der Waals surface area contributed by atoms with Gasteiger partial charge < -0.3 is 15.2 Å². The molecule has 0 bridgehead atoms. The van der Waals surface area contributed by atoms with E-state index in [2.05, 4.69) is 10.1 Å². The van der Waals surface area contributed by atoms with Gasteiger partial charge in [0, 0.05) is 18.5 Å². The maximum atomic E-state index is 12.3. The van der Waals surface area contributed by atoms with Crippen LogP contribution in [0, 0.1) is 5.92 Å². The number of halogens is 2. The number of para-hydroxylation sites is 1. The van der Waals surface area contributed by atoms with E-state index in [0.29, 0.717) is 31.0 Å². The minimum Gasteiger partial charge on any atom is -0.481 e. The van der Waals surface area contributed by atoms with Gasteiger partial charge in [-0.2, -0.15) is 8.78 Å². The molecule has 4 nitrogen and oxygen atoms in total. The van der Waals surface area contributed by atoms with Gasteiger partial charge in [-0.3, -0.25) is 4.79 Å². The smallest absolute Gasteiger partial charge is 0.387 e. The van der Waals surface area contributed by atoms with Crippen LogP contribution in [-0.4, -0.2) is 24.2 Å². The second kappa shape index (κ2) is 9.28. The second-order valence-electron chi connectivity index (χ2n) is 4.99. The van der Waals surface area contributed by atoms with Crippen molar-refractivity contribution in [1.29, 1.82) is 0 Å². The fourth-order valence-electron chi connectivity index (χ4n) is 1.95. The summed E-state index contributed by atoms with van der Waals surface area (Å²) in [6.07, 6.45) is 1.65. The van der Waals surface area contributed by atoms with Crippen LogP contribution in [0.5, 0.6) is 5.75 Å². The Bertz CT molecular complexity index is 441. The summed E-state index contributed by atoms with van der Waals surface area (Å²) in [5, 5.41) is 11.8. The molecule has 0 aliphatic heterocycles. The molecule has 0 heterocycles. The van der Waals surface area contributed by atoms with Crippen molar-refractivity contribution in [2.24, 2.45) is 5.92 Å². The number of carbonyl (C=O) groups is 1. The molecule has 6 heteroatoms. The van der Waals surface area contributed by atoms with E-state index >= 15 is 0 Å². The van der Waals surface area contributed by atoms with Crippen molar-refractivity contribution in [1.82, 2.24) is 5.32 Å². The Balaban J connectivity index is 2.31. The van der Waals surface area contributed by atoms with Crippen LogP contribution in [-0.2, 0) is 11.3 Å². The molecule has 1 aromatic carbocycles. The molecule has 0 aliphatic rings. The zero-order chi connectivity index (χ0) is 15.7. The van der Waals surface area contributed by atoms with E-state index in [-0.39, 0.29) is 12.2 Å². The van der Waals surface area contributed by atoms with Crippen LogP contribution in [0.2, 0.25) is 0 Å². The topological polar surface area (TPSA) is 58.6 Å². The van der Waals surface area contributed by atoms with Crippen LogP contribution in [0.25, 0.3) is 0 Å². The van der Waals surface area contributed by atoms with Gasteiger partial charge in [-0.1, -0.05) is 25.1 Å². The van der Waals surface area contributed by atoms with Gasteiger partial charge in [-0.05, 0) is 31.4 Å². The Labute approximate surface area is 123 Å². The summed E-state index contributed by atoms with van der Waals surface area (Å²) in [5.74, 6) is -0.298. The summed E-state index contributed by atoms with van der Waals surface area (Å²) in [5.41, 5.74) is 0.677. The third-order valence-corrected chi connectivity index (χ3v) is 3.17. The Kier molecular flexibility index (Phi) is 7.68. The highest BCUT2D eigenvalue weighted by molar-refractivity contribution is 5.66. The molecule has 0 saturated heterocycles. The van der Waals surface area contributed by atoms with Gasteiger partial charge in [-0.15, -0.1) is 0 Å². The molecule has 118 valence electrons. The summed E-state index contributed by atoms with van der Waals surface area (Å²) in [6, 6.07) is 6.66. The lowest BCUT2D eigenvalue weighted by atomic mass is 10.0. The molecule has 2 N–H and O–H groups in total. The van der Waals surface area contributed by atoms with Crippen molar-refractivity contribution < 1.29 is 23.4 Å². The van der Waals surface area contributed by atoms with Crippen LogP contribution in [0.4, 0.5) is 8.78 Å². The Morgan fingerprint density at radius 2 is 2.05 bits per heavy atom. The molecule has 0 spiro atoms. The maximum Gasteiger partial charge on any atom is 0.387 e. The highest BCUT2D eigenvalue weighted by Crippen LogP contribution is 2.20. The minimum absolute atomic E-state index is 0.173. The average Bonchev–Trinajstić information content (AvgIpc) is 2.42. The van der Waals surface area contributed by atoms with Gasteiger partial charge in [0.2, 0.25) is 0 Å². The van der Waals surface area contributed by atoms with Crippen LogP contribution in [0.3, 0.4) is 0 Å². The van der Waals surface area contributed by atoms with E-state index in [1.54, 1.807) is 18.2 Å². The van der Waals surface area contributed by atoms with Crippen molar-refractivity contribution in [3.8, 4) is 5.75 Å². The van der Waals surface area contributed by atoms with Crippen molar-refractivity contribution in [3.63, 3.8) is 0 Å². The van der Waals surface area contributed by atoms with Crippen molar-refractivity contribution in [2.75, 3.05) is 6.54 Å². The molecule has 0 saturated carbocycles. The fraction of sp³-hybridized carbons (Fsp3) is 0.533. The van der Waals surface area contributed by atoms with Gasteiger partial charge in [0.25, 0.3) is 0 Å². The van der Waals surface area contributed by atoms with Crippen molar-refractivity contribution in [2.45, 2.75) is 39.3 Å². The zero-order valence-electron chi connectivity index (χ0n) is 12.0. The molecule has 0 aliphatic carbocycles. The molecule has 1 atom stereocenters. The Hall–Kier alpha value is -1.69. The lowest BCUT2D eigenvalue weighted by molar-refractivity contribution is -0.137. The number of aliphatic carboxylic acids is 1. The Morgan fingerprint density at radius 3 is 2.71 bits per heavy atom. The monoisotopic (exact) mass is 301 g/mol. The van der Waals surface area contributed by atoms with E-state index in [9.17, 15) is 13.6 Å². The first-order valence-corrected chi connectivity index (χ1v) is 6.94. The summed E-state index contributed by atoms with van der Waals surface area (Å²) in [7, 11) is 0. The van der Waals surface area contributed by atoms with Gasteiger partial charge in [0.1, 0.15) is 5.75 Å². The number of benzene rings is 1. The zero-order valence-corrected chi connectivity index (χ0v) is 12.0. The summed E-state index contributed by atoms with van der Waals surface area (Å²) >= 11 is 0. The van der Waals surface area contributed by atoms with Crippen LogP contribution in [0.15, 0.2) is 24.3 Å². The third kappa shape index (κ3) is 7.60.